The van der Waals surface area contributed by atoms with Gasteiger partial charge in [-0.15, -0.1) is 0 Å². The maximum Gasteiger partial charge on any atom is 0.435 e. The van der Waals surface area contributed by atoms with Crippen LogP contribution in [0.25, 0.3) is 0 Å². The van der Waals surface area contributed by atoms with E-state index in [1.54, 1.807) is 0 Å². The van der Waals surface area contributed by atoms with E-state index >= 15 is 4.39 Å². The van der Waals surface area contributed by atoms with Gasteiger partial charge >= 0.3 is 6.18 Å². The van der Waals surface area contributed by atoms with Crippen molar-refractivity contribution >= 4 is 45.6 Å². The molecule has 0 bridgehead atoms. The summed E-state index contributed by atoms with van der Waals surface area (Å²) in [6.07, 6.45) is -2.20. The molecule has 1 fully saturated rings. The van der Waals surface area contributed by atoms with Gasteiger partial charge in [-0.1, -0.05) is 47.4 Å². The molecule has 0 radical (unpaired) electrons. The van der Waals surface area contributed by atoms with E-state index in [0.29, 0.717) is 11.5 Å². The van der Waals surface area contributed by atoms with Crippen LogP contribution >= 0.6 is 23.2 Å². The lowest BCUT2D eigenvalue weighted by Crippen LogP contribution is -2.52. The van der Waals surface area contributed by atoms with Gasteiger partial charge in [0, 0.05) is 55.8 Å². The fourth-order valence-corrected chi connectivity index (χ4v) is 5.57. The van der Waals surface area contributed by atoms with Crippen LogP contribution in [0, 0.1) is 5.92 Å². The van der Waals surface area contributed by atoms with Crippen LogP contribution in [-0.4, -0.2) is 45.2 Å². The molecule has 3 aliphatic rings. The third-order valence-electron chi connectivity index (χ3n) is 6.04. The summed E-state index contributed by atoms with van der Waals surface area (Å²) in [5.74, 6) is -1.11. The number of hydrogen-bond acceptors (Lipinski definition) is 4. The molecule has 3 atom stereocenters. The molecule has 33 heavy (non-hydrogen) atoms. The average Bonchev–Trinajstić information content (AvgIpc) is 3.16. The van der Waals surface area contributed by atoms with E-state index < -0.39 is 57.8 Å². The number of halogens is 6. The zero-order valence-electron chi connectivity index (χ0n) is 17.1. The molecule has 2 heterocycles. The third kappa shape index (κ3) is 4.21. The second-order valence-corrected chi connectivity index (χ2v) is 10.6. The van der Waals surface area contributed by atoms with Crippen LogP contribution in [0.3, 0.4) is 0 Å². The van der Waals surface area contributed by atoms with Gasteiger partial charge in [0.05, 0.1) is 6.04 Å². The van der Waals surface area contributed by atoms with Crippen LogP contribution in [0.1, 0.15) is 18.9 Å². The van der Waals surface area contributed by atoms with E-state index in [9.17, 15) is 22.2 Å². The van der Waals surface area contributed by atoms with Crippen molar-refractivity contribution in [2.75, 3.05) is 11.5 Å². The summed E-state index contributed by atoms with van der Waals surface area (Å²) in [4.78, 5) is 17.5. The lowest BCUT2D eigenvalue weighted by molar-refractivity contribution is -0.275. The number of amides is 1. The normalized spacial score (nSPS) is 33.6. The predicted molar refractivity (Wildman–Crippen MR) is 117 cm³/mol. The highest BCUT2D eigenvalue weighted by atomic mass is 35.5. The number of nitrogens with zero attached hydrogens (tertiary/aromatic N) is 1. The molecule has 1 aromatic rings. The highest BCUT2D eigenvalue weighted by molar-refractivity contribution is 7.86. The zero-order valence-corrected chi connectivity index (χ0v) is 19.4. The molecule has 0 aromatic heterocycles. The number of carbonyl (C=O) groups is 1. The van der Waals surface area contributed by atoms with Crippen LogP contribution in [-0.2, 0) is 26.0 Å². The maximum atomic E-state index is 16.2. The molecule has 1 aliphatic carbocycles. The number of nitrogens with one attached hydrogen (secondary N) is 1. The first-order chi connectivity index (χ1) is 15.4. The highest BCUT2D eigenvalue weighted by Gasteiger charge is 2.65. The SMILES string of the molecule is CC1C(C(=O)NC2CS(=O)C2)=CC=CC1(F)C1=NOC(c2cc(Cl)cc(Cl)c2)(C(F)(F)F)C1. The van der Waals surface area contributed by atoms with Crippen molar-refractivity contribution in [1.29, 1.82) is 0 Å². The second kappa shape index (κ2) is 8.39. The van der Waals surface area contributed by atoms with E-state index in [0.717, 1.165) is 18.2 Å². The Kier molecular flexibility index (Phi) is 6.16. The Hall–Kier alpha value is -1.91. The van der Waals surface area contributed by atoms with Gasteiger partial charge in [0.25, 0.3) is 5.60 Å². The summed E-state index contributed by atoms with van der Waals surface area (Å²) in [6, 6.07) is 3.07. The topological polar surface area (TPSA) is 67.8 Å². The van der Waals surface area contributed by atoms with Crippen molar-refractivity contribution in [1.82, 2.24) is 5.32 Å². The lowest BCUT2D eigenvalue weighted by atomic mass is 9.74. The Morgan fingerprint density at radius 2 is 1.88 bits per heavy atom. The first-order valence-corrected chi connectivity index (χ1v) is 12.1. The first kappa shape index (κ1) is 24.2. The zero-order chi connectivity index (χ0) is 24.2. The highest BCUT2D eigenvalue weighted by Crippen LogP contribution is 2.52. The van der Waals surface area contributed by atoms with Crippen molar-refractivity contribution < 1.29 is 31.4 Å². The third-order valence-corrected chi connectivity index (χ3v) is 8.02. The van der Waals surface area contributed by atoms with Gasteiger partial charge in [0.2, 0.25) is 5.91 Å². The Morgan fingerprint density at radius 3 is 2.45 bits per heavy atom. The van der Waals surface area contributed by atoms with E-state index in [4.69, 9.17) is 28.0 Å². The molecule has 12 heteroatoms. The summed E-state index contributed by atoms with van der Waals surface area (Å²) in [5.41, 5.74) is -6.37. The van der Waals surface area contributed by atoms with Crippen LogP contribution in [0.5, 0.6) is 0 Å². The fourth-order valence-electron chi connectivity index (χ4n) is 4.07. The number of carbonyl (C=O) groups excluding carboxylic acids is 1. The molecule has 0 saturated carbocycles. The molecule has 1 N–H and O–H groups in total. The molecule has 178 valence electrons. The van der Waals surface area contributed by atoms with Gasteiger partial charge in [0.15, 0.2) is 5.67 Å². The van der Waals surface area contributed by atoms with Gasteiger partial charge in [0.1, 0.15) is 5.71 Å². The Labute approximate surface area is 199 Å². The van der Waals surface area contributed by atoms with Crippen molar-refractivity contribution in [3.63, 3.8) is 0 Å². The maximum absolute atomic E-state index is 16.2. The molecule has 3 unspecified atom stereocenters. The second-order valence-electron chi connectivity index (χ2n) is 8.20. The molecule has 1 aromatic carbocycles. The summed E-state index contributed by atoms with van der Waals surface area (Å²) >= 11 is 11.8. The average molecular weight is 525 g/mol. The van der Waals surface area contributed by atoms with Gasteiger partial charge in [-0.05, 0) is 24.3 Å². The minimum absolute atomic E-state index is 0.0377. The molecule has 4 rings (SSSR count). The smallest absolute Gasteiger partial charge is 0.374 e. The fraction of sp³-hybridized carbons (Fsp3) is 0.429. The predicted octanol–water partition coefficient (Wildman–Crippen LogP) is 4.62. The number of alkyl halides is 4. The minimum Gasteiger partial charge on any atom is -0.374 e. The molecule has 1 saturated heterocycles. The standard InChI is InChI=1S/C21H18Cl2F4N2O3S/c1-11-16(18(30)28-15-9-33(31)10-15)3-2-4-19(11,24)17-8-20(32-29-17,21(25,26)27)12-5-13(22)7-14(23)6-12/h2-7,11,15H,8-10H2,1H3,(H,28,30). The van der Waals surface area contributed by atoms with E-state index in [2.05, 4.69) is 10.5 Å². The van der Waals surface area contributed by atoms with E-state index in [1.165, 1.54) is 25.1 Å². The molecule has 5 nitrogen and oxygen atoms in total. The lowest BCUT2D eigenvalue weighted by Gasteiger charge is -2.34. The quantitative estimate of drug-likeness (QED) is 0.584. The summed E-state index contributed by atoms with van der Waals surface area (Å²) < 4.78 is 70.1. The number of benzene rings is 1. The summed E-state index contributed by atoms with van der Waals surface area (Å²) in [7, 11) is -0.992. The molecule has 0 spiro atoms. The van der Waals surface area contributed by atoms with Crippen molar-refractivity contribution in [3.05, 3.63) is 57.6 Å². The largest absolute Gasteiger partial charge is 0.435 e. The Morgan fingerprint density at radius 1 is 1.24 bits per heavy atom. The van der Waals surface area contributed by atoms with Crippen molar-refractivity contribution in [2.24, 2.45) is 11.1 Å². The Bertz CT molecular complexity index is 1090. The molecule has 2 aliphatic heterocycles. The number of allylic oxidation sites excluding steroid dienone is 3. The minimum atomic E-state index is -4.97. The van der Waals surface area contributed by atoms with Crippen LogP contribution < -0.4 is 5.32 Å². The number of oxime groups is 1. The van der Waals surface area contributed by atoms with Gasteiger partial charge in [-0.25, -0.2) is 4.39 Å². The summed E-state index contributed by atoms with van der Waals surface area (Å²) in [6.45, 7) is 1.39. The number of rotatable bonds is 4. The molecule has 1 amide bonds. The van der Waals surface area contributed by atoms with Crippen LogP contribution in [0.4, 0.5) is 17.6 Å². The Balaban J connectivity index is 1.61. The first-order valence-electron chi connectivity index (χ1n) is 9.89. The molecular formula is C21H18Cl2F4N2O3S. The number of hydrogen-bond donors (Lipinski definition) is 1. The van der Waals surface area contributed by atoms with Gasteiger partial charge < -0.3 is 10.2 Å². The summed E-state index contributed by atoms with van der Waals surface area (Å²) in [5, 5.41) is 6.10. The monoisotopic (exact) mass is 524 g/mol. The van der Waals surface area contributed by atoms with E-state index in [1.807, 2.05) is 0 Å². The van der Waals surface area contributed by atoms with E-state index in [-0.39, 0.29) is 21.7 Å². The van der Waals surface area contributed by atoms with Gasteiger partial charge in [-0.3, -0.25) is 9.00 Å². The van der Waals surface area contributed by atoms with Crippen molar-refractivity contribution in [3.8, 4) is 0 Å². The van der Waals surface area contributed by atoms with Crippen LogP contribution in [0.2, 0.25) is 10.0 Å². The molecular weight excluding hydrogens is 507 g/mol. The van der Waals surface area contributed by atoms with Crippen molar-refractivity contribution in [2.45, 2.75) is 36.8 Å². The van der Waals surface area contributed by atoms with Crippen LogP contribution in [0.15, 0.2) is 47.2 Å². The van der Waals surface area contributed by atoms with Gasteiger partial charge in [-0.2, -0.15) is 13.2 Å².